The maximum absolute atomic E-state index is 2.30. The van der Waals surface area contributed by atoms with Crippen LogP contribution in [0.2, 0.25) is 0 Å². The van der Waals surface area contributed by atoms with Crippen molar-refractivity contribution in [3.8, 4) is 0 Å². The van der Waals surface area contributed by atoms with Crippen molar-refractivity contribution < 1.29 is 0 Å². The predicted octanol–water partition coefficient (Wildman–Crippen LogP) is 1.29. The van der Waals surface area contributed by atoms with Crippen LogP contribution in [0.3, 0.4) is 0 Å². The molecule has 0 N–H and O–H groups in total. The van der Waals surface area contributed by atoms with Gasteiger partial charge in [0.25, 0.3) is 0 Å². The van der Waals surface area contributed by atoms with E-state index in [0.29, 0.717) is 0 Å². The van der Waals surface area contributed by atoms with Crippen LogP contribution in [-0.4, -0.2) is 21.1 Å². The molecule has 0 unspecified atom stereocenters. The van der Waals surface area contributed by atoms with Gasteiger partial charge in [-0.2, -0.15) is 0 Å². The zero-order valence-electron chi connectivity index (χ0n) is 3.96. The van der Waals surface area contributed by atoms with Crippen LogP contribution in [0, 0.1) is 0 Å². The van der Waals surface area contributed by atoms with Crippen LogP contribution in [0.4, 0.5) is 0 Å². The maximum atomic E-state index is 2.30. The van der Waals surface area contributed by atoms with Crippen molar-refractivity contribution in [2.24, 2.45) is 0 Å². The Kier molecular flexibility index (Phi) is 2.27. The zero-order chi connectivity index (χ0) is 4.95. The first-order chi connectivity index (χ1) is 3.50. The van der Waals surface area contributed by atoms with Gasteiger partial charge < -0.3 is 0 Å². The molecule has 0 bridgehead atoms. The molecule has 0 amide bonds. The molecule has 0 aromatic carbocycles. The van der Waals surface area contributed by atoms with Gasteiger partial charge in [-0.3, -0.25) is 0 Å². The summed E-state index contributed by atoms with van der Waals surface area (Å²) in [5.41, 5.74) is 0. The van der Waals surface area contributed by atoms with E-state index in [4.69, 9.17) is 0 Å². The topological polar surface area (TPSA) is 0 Å². The first kappa shape index (κ1) is 5.16. The molecule has 0 nitrogen and oxygen atoms in total. The van der Waals surface area contributed by atoms with E-state index in [1.165, 1.54) is 0 Å². The Labute approximate surface area is 53.8 Å². The molecule has 0 saturated carbocycles. The second-order valence-corrected chi connectivity index (χ2v) is 4.12. The molecule has 1 aliphatic heterocycles. The van der Waals surface area contributed by atoms with Crippen LogP contribution >= 0.6 is 0 Å². The average molecular weight is 197 g/mol. The summed E-state index contributed by atoms with van der Waals surface area (Å²) in [4.78, 5) is 0. The van der Waals surface area contributed by atoms with Gasteiger partial charge in [0, 0.05) is 0 Å². The third-order valence-electron chi connectivity index (χ3n) is 0.718. The van der Waals surface area contributed by atoms with Gasteiger partial charge in [0.1, 0.15) is 0 Å². The number of allylic oxidation sites excluding steroid dienone is 4. The van der Waals surface area contributed by atoms with Gasteiger partial charge in [-0.25, -0.2) is 0 Å². The van der Waals surface area contributed by atoms with Gasteiger partial charge >= 0.3 is 53.6 Å². The monoisotopic (exact) mass is 198 g/mol. The summed E-state index contributed by atoms with van der Waals surface area (Å²) in [5.74, 6) is 0. The van der Waals surface area contributed by atoms with E-state index < -0.39 is 0 Å². The quantitative estimate of drug-likeness (QED) is 0.513. The summed E-state index contributed by atoms with van der Waals surface area (Å²) in [6, 6.07) is 0. The van der Waals surface area contributed by atoms with Gasteiger partial charge in [0.05, 0.1) is 0 Å². The van der Waals surface area contributed by atoms with Crippen LogP contribution in [0.15, 0.2) is 32.5 Å². The van der Waals surface area contributed by atoms with Crippen molar-refractivity contribution >= 4 is 21.1 Å². The van der Waals surface area contributed by atoms with Crippen molar-refractivity contribution in [1.82, 2.24) is 0 Å². The SMILES string of the molecule is C1=CC=[CH][Sn][CH]=C1. The fourth-order valence-electron chi connectivity index (χ4n) is 0.406. The Morgan fingerprint density at radius 2 is 1.29 bits per heavy atom. The average Bonchev–Trinajstić information content (AvgIpc) is 1.90. The van der Waals surface area contributed by atoms with E-state index >= 15 is 0 Å². The molecule has 34 valence electrons. The number of rotatable bonds is 0. The molecule has 0 aromatic heterocycles. The Morgan fingerprint density at radius 1 is 0.714 bits per heavy atom. The molecule has 0 aliphatic carbocycles. The van der Waals surface area contributed by atoms with Crippen LogP contribution in [-0.2, 0) is 0 Å². The van der Waals surface area contributed by atoms with Crippen LogP contribution < -0.4 is 0 Å². The van der Waals surface area contributed by atoms with Crippen LogP contribution in [0.25, 0.3) is 0 Å². The summed E-state index contributed by atoms with van der Waals surface area (Å²) >= 11 is -0.180. The third-order valence-corrected chi connectivity index (χ3v) is 2.92. The summed E-state index contributed by atoms with van der Waals surface area (Å²) < 4.78 is 4.59. The van der Waals surface area contributed by atoms with Gasteiger partial charge in [0.15, 0.2) is 0 Å². The molecule has 2 radical (unpaired) electrons. The van der Waals surface area contributed by atoms with Crippen LogP contribution in [0.1, 0.15) is 0 Å². The van der Waals surface area contributed by atoms with E-state index in [1.54, 1.807) is 0 Å². The molecule has 0 atom stereocenters. The molecule has 0 fully saturated rings. The van der Waals surface area contributed by atoms with Crippen molar-refractivity contribution in [3.05, 3.63) is 32.5 Å². The van der Waals surface area contributed by atoms with Gasteiger partial charge in [-0.1, -0.05) is 0 Å². The molecular formula is C6H6Sn. The number of hydrogen-bond donors (Lipinski definition) is 0. The van der Waals surface area contributed by atoms with Crippen molar-refractivity contribution in [2.75, 3.05) is 0 Å². The molecular weight excluding hydrogens is 191 g/mol. The molecule has 1 heterocycles. The summed E-state index contributed by atoms with van der Waals surface area (Å²) in [7, 11) is 0. The first-order valence-corrected chi connectivity index (χ1v) is 5.54. The fraction of sp³-hybridized carbons (Fsp3) is 0. The second-order valence-electron chi connectivity index (χ2n) is 1.27. The molecule has 7 heavy (non-hydrogen) atoms. The summed E-state index contributed by atoms with van der Waals surface area (Å²) in [6.07, 6.45) is 8.41. The van der Waals surface area contributed by atoms with Crippen molar-refractivity contribution in [3.63, 3.8) is 0 Å². The van der Waals surface area contributed by atoms with Gasteiger partial charge in [-0.05, 0) is 0 Å². The van der Waals surface area contributed by atoms with E-state index in [2.05, 4.69) is 32.5 Å². The first-order valence-electron chi connectivity index (χ1n) is 2.24. The molecule has 0 spiro atoms. The molecule has 0 saturated heterocycles. The van der Waals surface area contributed by atoms with Crippen molar-refractivity contribution in [2.45, 2.75) is 0 Å². The zero-order valence-corrected chi connectivity index (χ0v) is 6.82. The van der Waals surface area contributed by atoms with E-state index in [9.17, 15) is 0 Å². The number of hydrogen-bond acceptors (Lipinski definition) is 0. The molecule has 1 aliphatic rings. The van der Waals surface area contributed by atoms with E-state index in [0.717, 1.165) is 0 Å². The predicted molar refractivity (Wildman–Crippen MR) is 33.2 cm³/mol. The van der Waals surface area contributed by atoms with E-state index in [-0.39, 0.29) is 21.1 Å². The van der Waals surface area contributed by atoms with Gasteiger partial charge in [-0.15, -0.1) is 0 Å². The van der Waals surface area contributed by atoms with Crippen molar-refractivity contribution in [1.29, 1.82) is 0 Å². The summed E-state index contributed by atoms with van der Waals surface area (Å²) in [6.45, 7) is 0. The Hall–Kier alpha value is 0.0187. The fourth-order valence-corrected chi connectivity index (χ4v) is 1.99. The molecule has 1 rings (SSSR count). The standard InChI is InChI=1S/C6H6.Sn/c1-3-5-6-4-2;/h1-6H;. The van der Waals surface area contributed by atoms with E-state index in [1.807, 2.05) is 0 Å². The normalized spacial score (nSPS) is 17.1. The third kappa shape index (κ3) is 1.97. The molecule has 0 aromatic rings. The Balaban J connectivity index is 2.60. The minimum absolute atomic E-state index is 0.180. The van der Waals surface area contributed by atoms with Crippen LogP contribution in [0.5, 0.6) is 0 Å². The minimum atomic E-state index is -0.180. The molecule has 1 heteroatoms. The second kappa shape index (κ2) is 3.08. The Morgan fingerprint density at radius 3 is 1.86 bits per heavy atom. The summed E-state index contributed by atoms with van der Waals surface area (Å²) in [5, 5.41) is 0. The van der Waals surface area contributed by atoms with Gasteiger partial charge in [0.2, 0.25) is 0 Å². The Bertz CT molecular complexity index is 106.